The van der Waals surface area contributed by atoms with Gasteiger partial charge in [-0.2, -0.15) is 0 Å². The van der Waals surface area contributed by atoms with E-state index in [9.17, 15) is 0 Å². The van der Waals surface area contributed by atoms with E-state index in [1.807, 2.05) is 36.4 Å². The molecule has 0 bridgehead atoms. The molecule has 1 heterocycles. The molecule has 0 aliphatic heterocycles. The molecule has 0 unspecified atom stereocenters. The standard InChI is InChI=1S/C44H28O/c1-3-15-29(16-4-1)31-19-7-8-20-33(31)41-34-21-9-11-23-36(34)42(37-24-12-10-22-35(37)41)38-26-14-28-40-44(38)43-32(25-13-27-39(43)45-40)30-17-5-2-6-18-30/h1-28H/i2D,5D,6D,17D,18D. The number of benzene rings is 8. The van der Waals surface area contributed by atoms with Crippen molar-refractivity contribution in [2.75, 3.05) is 0 Å². The lowest BCUT2D eigenvalue weighted by Crippen LogP contribution is -1.93. The number of furan rings is 1. The Labute approximate surface area is 268 Å². The summed E-state index contributed by atoms with van der Waals surface area (Å²) in [6, 6.07) is 45.9. The molecule has 9 aromatic rings. The Kier molecular flexibility index (Phi) is 4.81. The van der Waals surface area contributed by atoms with Crippen LogP contribution in [0.3, 0.4) is 0 Å². The minimum absolute atomic E-state index is 0.154. The summed E-state index contributed by atoms with van der Waals surface area (Å²) in [4.78, 5) is 0. The zero-order valence-corrected chi connectivity index (χ0v) is 24.2. The molecule has 45 heavy (non-hydrogen) atoms. The van der Waals surface area contributed by atoms with Crippen LogP contribution in [0.25, 0.3) is 88.0 Å². The van der Waals surface area contributed by atoms with Crippen LogP contribution in [0, 0.1) is 0 Å². The van der Waals surface area contributed by atoms with Gasteiger partial charge in [-0.15, -0.1) is 0 Å². The van der Waals surface area contributed by atoms with Gasteiger partial charge in [-0.25, -0.2) is 0 Å². The Bertz CT molecular complexity index is 2730. The molecule has 8 aromatic carbocycles. The highest BCUT2D eigenvalue weighted by Gasteiger charge is 2.22. The van der Waals surface area contributed by atoms with Crippen LogP contribution in [-0.2, 0) is 0 Å². The Morgan fingerprint density at radius 2 is 0.822 bits per heavy atom. The summed E-state index contributed by atoms with van der Waals surface area (Å²) in [6.07, 6.45) is 0. The second-order valence-electron chi connectivity index (χ2n) is 11.2. The molecule has 0 N–H and O–H groups in total. The molecule has 0 fully saturated rings. The summed E-state index contributed by atoms with van der Waals surface area (Å²) in [5.41, 5.74) is 8.52. The first-order chi connectivity index (χ1) is 24.4. The lowest BCUT2D eigenvalue weighted by atomic mass is 9.83. The third-order valence-corrected chi connectivity index (χ3v) is 8.77. The van der Waals surface area contributed by atoms with Crippen LogP contribution in [-0.4, -0.2) is 0 Å². The quantitative estimate of drug-likeness (QED) is 0.190. The van der Waals surface area contributed by atoms with Crippen molar-refractivity contribution < 1.29 is 11.3 Å². The van der Waals surface area contributed by atoms with E-state index in [1.165, 1.54) is 0 Å². The molecule has 0 saturated carbocycles. The van der Waals surface area contributed by atoms with Gasteiger partial charge in [0, 0.05) is 10.8 Å². The monoisotopic (exact) mass is 577 g/mol. The molecule has 0 atom stereocenters. The number of hydrogen-bond acceptors (Lipinski definition) is 1. The molecular weight excluding hydrogens is 544 g/mol. The van der Waals surface area contributed by atoms with Gasteiger partial charge in [-0.05, 0) is 78.2 Å². The predicted octanol–water partition coefficient (Wildman–Crippen LogP) is 12.6. The van der Waals surface area contributed by atoms with Crippen molar-refractivity contribution in [3.8, 4) is 44.5 Å². The Hall–Kier alpha value is -5.92. The molecule has 1 aromatic heterocycles. The number of hydrogen-bond donors (Lipinski definition) is 0. The van der Waals surface area contributed by atoms with Gasteiger partial charge in [-0.1, -0.05) is 158 Å². The SMILES string of the molecule is [2H]c1c([2H])c([2H])c(-c2cccc3oc4cccc(-c5c6ccccc6c(-c6ccccc6-c6ccccc6)c6ccccc56)c4c23)c([2H])c1[2H]. The van der Waals surface area contributed by atoms with E-state index in [0.29, 0.717) is 22.1 Å². The van der Waals surface area contributed by atoms with Gasteiger partial charge in [0.15, 0.2) is 0 Å². The van der Waals surface area contributed by atoms with Gasteiger partial charge in [0.25, 0.3) is 0 Å². The van der Waals surface area contributed by atoms with Crippen LogP contribution >= 0.6 is 0 Å². The normalized spacial score (nSPS) is 13.1. The van der Waals surface area contributed by atoms with Crippen molar-refractivity contribution in [3.05, 3.63) is 170 Å². The first-order valence-electron chi connectivity index (χ1n) is 17.5. The minimum atomic E-state index is -0.416. The highest BCUT2D eigenvalue weighted by molar-refractivity contribution is 6.27. The van der Waals surface area contributed by atoms with Crippen LogP contribution in [0.4, 0.5) is 0 Å². The molecule has 1 heteroatoms. The second-order valence-corrected chi connectivity index (χ2v) is 11.2. The molecule has 0 saturated heterocycles. The maximum atomic E-state index is 8.82. The molecule has 0 radical (unpaired) electrons. The lowest BCUT2D eigenvalue weighted by molar-refractivity contribution is 0.669. The van der Waals surface area contributed by atoms with Gasteiger partial charge >= 0.3 is 0 Å². The predicted molar refractivity (Wildman–Crippen MR) is 190 cm³/mol. The maximum Gasteiger partial charge on any atom is 0.136 e. The van der Waals surface area contributed by atoms with Gasteiger partial charge in [0.2, 0.25) is 0 Å². The van der Waals surface area contributed by atoms with Crippen molar-refractivity contribution in [3.63, 3.8) is 0 Å². The molecule has 210 valence electrons. The fraction of sp³-hybridized carbons (Fsp3) is 0. The second kappa shape index (κ2) is 10.4. The topological polar surface area (TPSA) is 13.1 Å². The van der Waals surface area contributed by atoms with Crippen molar-refractivity contribution in [1.29, 1.82) is 0 Å². The van der Waals surface area contributed by atoms with E-state index in [2.05, 4.69) is 103 Å². The highest BCUT2D eigenvalue weighted by Crippen LogP contribution is 2.49. The first kappa shape index (κ1) is 20.9. The van der Waals surface area contributed by atoms with Crippen molar-refractivity contribution in [1.82, 2.24) is 0 Å². The molecule has 1 nitrogen and oxygen atoms in total. The van der Waals surface area contributed by atoms with E-state index in [-0.39, 0.29) is 29.7 Å². The molecule has 0 aliphatic rings. The minimum Gasteiger partial charge on any atom is -0.456 e. The van der Waals surface area contributed by atoms with Crippen molar-refractivity contribution in [2.45, 2.75) is 0 Å². The molecule has 0 spiro atoms. The summed E-state index contributed by atoms with van der Waals surface area (Å²) in [5, 5.41) is 5.92. The van der Waals surface area contributed by atoms with Gasteiger partial charge in [0.1, 0.15) is 11.2 Å². The molecule has 0 aliphatic carbocycles. The smallest absolute Gasteiger partial charge is 0.136 e. The first-order valence-corrected chi connectivity index (χ1v) is 15.0. The summed E-state index contributed by atoms with van der Waals surface area (Å²) in [5.74, 6) is 0. The van der Waals surface area contributed by atoms with Crippen LogP contribution in [0.15, 0.2) is 174 Å². The highest BCUT2D eigenvalue weighted by atomic mass is 16.3. The Morgan fingerprint density at radius 3 is 1.44 bits per heavy atom. The lowest BCUT2D eigenvalue weighted by Gasteiger charge is -2.20. The fourth-order valence-electron chi connectivity index (χ4n) is 6.95. The number of rotatable bonds is 4. The zero-order valence-electron chi connectivity index (χ0n) is 29.2. The maximum absolute atomic E-state index is 8.82. The van der Waals surface area contributed by atoms with Gasteiger partial charge in [0.05, 0.1) is 6.85 Å². The van der Waals surface area contributed by atoms with Crippen LogP contribution < -0.4 is 0 Å². The molecular formula is C44H28O. The Morgan fingerprint density at radius 1 is 0.356 bits per heavy atom. The average Bonchev–Trinajstić information content (AvgIpc) is 3.56. The average molecular weight is 578 g/mol. The Balaban J connectivity index is 1.42. The number of fused-ring (bicyclic) bond motifs is 5. The summed E-state index contributed by atoms with van der Waals surface area (Å²) < 4.78 is 49.1. The molecule has 0 amide bonds. The van der Waals surface area contributed by atoms with E-state index in [1.54, 1.807) is 0 Å². The van der Waals surface area contributed by atoms with Gasteiger partial charge in [-0.3, -0.25) is 0 Å². The molecule has 9 rings (SSSR count). The summed E-state index contributed by atoms with van der Waals surface area (Å²) >= 11 is 0. The van der Waals surface area contributed by atoms with E-state index < -0.39 is 6.04 Å². The van der Waals surface area contributed by atoms with Crippen LogP contribution in [0.2, 0.25) is 0 Å². The van der Waals surface area contributed by atoms with E-state index in [0.717, 1.165) is 60.3 Å². The third-order valence-electron chi connectivity index (χ3n) is 8.77. The third kappa shape index (κ3) is 4.02. The van der Waals surface area contributed by atoms with Crippen molar-refractivity contribution >= 4 is 43.5 Å². The van der Waals surface area contributed by atoms with Crippen LogP contribution in [0.5, 0.6) is 0 Å². The van der Waals surface area contributed by atoms with Crippen molar-refractivity contribution in [2.24, 2.45) is 0 Å². The van der Waals surface area contributed by atoms with Gasteiger partial charge < -0.3 is 4.42 Å². The fourth-order valence-corrected chi connectivity index (χ4v) is 6.95. The van der Waals surface area contributed by atoms with E-state index >= 15 is 0 Å². The van der Waals surface area contributed by atoms with E-state index in [4.69, 9.17) is 11.3 Å². The summed E-state index contributed by atoms with van der Waals surface area (Å²) in [7, 11) is 0. The zero-order chi connectivity index (χ0) is 34.1. The van der Waals surface area contributed by atoms with Crippen LogP contribution in [0.1, 0.15) is 6.85 Å². The largest absolute Gasteiger partial charge is 0.456 e. The summed E-state index contributed by atoms with van der Waals surface area (Å²) in [6.45, 7) is 0.